The molecule has 2 aliphatic heterocycles. The van der Waals surface area contributed by atoms with E-state index in [0.29, 0.717) is 24.6 Å². The van der Waals surface area contributed by atoms with Gasteiger partial charge in [0.25, 0.3) is 5.56 Å². The van der Waals surface area contributed by atoms with Gasteiger partial charge in [-0.1, -0.05) is 0 Å². The first-order valence-corrected chi connectivity index (χ1v) is 8.25. The first kappa shape index (κ1) is 16.4. The van der Waals surface area contributed by atoms with Crippen LogP contribution in [-0.4, -0.2) is 57.5 Å². The fraction of sp³-hybridized carbons (Fsp3) is 0.750. The standard InChI is InChI=1S/C16H25N3O4/c1-11-9-19(15(21)17-14(11)20)13-10-18(6-5-16(13,2)22)12-3-7-23-8-4-12/h9,12-13,22H,3-8,10H2,1-2H3,(H,17,20,21)/t13-,16-/m1/s1. The molecule has 0 bridgehead atoms. The van der Waals surface area contributed by atoms with Crippen LogP contribution in [0.3, 0.4) is 0 Å². The number of aryl methyl sites for hydroxylation is 1. The summed E-state index contributed by atoms with van der Waals surface area (Å²) in [6, 6.07) is 0.0593. The van der Waals surface area contributed by atoms with Gasteiger partial charge in [-0.25, -0.2) is 4.79 Å². The first-order valence-electron chi connectivity index (χ1n) is 8.25. The molecular formula is C16H25N3O4. The number of aliphatic hydroxyl groups is 1. The molecule has 2 atom stereocenters. The number of aromatic amines is 1. The van der Waals surface area contributed by atoms with Crippen LogP contribution < -0.4 is 11.2 Å². The number of hydrogen-bond donors (Lipinski definition) is 2. The number of H-pyrrole nitrogens is 1. The molecule has 0 aromatic carbocycles. The summed E-state index contributed by atoms with van der Waals surface area (Å²) in [5.41, 5.74) is -1.33. The lowest BCUT2D eigenvalue weighted by molar-refractivity contribution is -0.0731. The Morgan fingerprint density at radius 2 is 2.04 bits per heavy atom. The van der Waals surface area contributed by atoms with E-state index in [9.17, 15) is 14.7 Å². The van der Waals surface area contributed by atoms with Crippen LogP contribution in [0.2, 0.25) is 0 Å². The minimum absolute atomic E-state index is 0.372. The zero-order valence-corrected chi connectivity index (χ0v) is 13.7. The molecule has 2 N–H and O–H groups in total. The molecule has 0 unspecified atom stereocenters. The minimum Gasteiger partial charge on any atom is -0.388 e. The van der Waals surface area contributed by atoms with Crippen molar-refractivity contribution < 1.29 is 9.84 Å². The smallest absolute Gasteiger partial charge is 0.328 e. The molecule has 2 fully saturated rings. The predicted octanol–water partition coefficient (Wildman–Crippen LogP) is 0.0218. The number of likely N-dealkylation sites (tertiary alicyclic amines) is 1. The molecule has 1 aromatic rings. The Morgan fingerprint density at radius 3 is 2.74 bits per heavy atom. The van der Waals surface area contributed by atoms with Gasteiger partial charge >= 0.3 is 5.69 Å². The largest absolute Gasteiger partial charge is 0.388 e. The fourth-order valence-corrected chi connectivity index (χ4v) is 3.63. The molecule has 128 valence electrons. The average Bonchev–Trinajstić information content (AvgIpc) is 2.52. The second-order valence-corrected chi connectivity index (χ2v) is 6.94. The van der Waals surface area contributed by atoms with E-state index in [1.165, 1.54) is 4.57 Å². The van der Waals surface area contributed by atoms with Crippen LogP contribution in [0.5, 0.6) is 0 Å². The van der Waals surface area contributed by atoms with Gasteiger partial charge in [-0.3, -0.25) is 19.2 Å². The topological polar surface area (TPSA) is 87.6 Å². The van der Waals surface area contributed by atoms with Crippen LogP contribution in [0.1, 0.15) is 37.8 Å². The van der Waals surface area contributed by atoms with E-state index in [2.05, 4.69) is 9.88 Å². The lowest BCUT2D eigenvalue weighted by Crippen LogP contribution is -2.56. The van der Waals surface area contributed by atoms with Gasteiger partial charge in [0.15, 0.2) is 0 Å². The van der Waals surface area contributed by atoms with Crippen molar-refractivity contribution in [2.45, 2.75) is 50.8 Å². The maximum atomic E-state index is 12.2. The van der Waals surface area contributed by atoms with Crippen LogP contribution >= 0.6 is 0 Å². The predicted molar refractivity (Wildman–Crippen MR) is 85.8 cm³/mol. The Kier molecular flexibility index (Phi) is 4.44. The molecule has 1 aromatic heterocycles. The summed E-state index contributed by atoms with van der Waals surface area (Å²) in [6.07, 6.45) is 4.12. The van der Waals surface area contributed by atoms with Crippen molar-refractivity contribution in [3.8, 4) is 0 Å². The Labute approximate surface area is 134 Å². The molecular weight excluding hydrogens is 298 g/mol. The number of rotatable bonds is 2. The summed E-state index contributed by atoms with van der Waals surface area (Å²) in [6.45, 7) is 6.38. The summed E-state index contributed by atoms with van der Waals surface area (Å²) >= 11 is 0. The van der Waals surface area contributed by atoms with Crippen LogP contribution in [0.4, 0.5) is 0 Å². The second kappa shape index (κ2) is 6.22. The van der Waals surface area contributed by atoms with Gasteiger partial charge in [0.2, 0.25) is 0 Å². The Balaban J connectivity index is 1.90. The lowest BCUT2D eigenvalue weighted by Gasteiger charge is -2.46. The van der Waals surface area contributed by atoms with Crippen molar-refractivity contribution in [2.24, 2.45) is 0 Å². The van der Waals surface area contributed by atoms with Crippen molar-refractivity contribution in [1.29, 1.82) is 0 Å². The lowest BCUT2D eigenvalue weighted by atomic mass is 9.86. The van der Waals surface area contributed by atoms with Crippen molar-refractivity contribution in [3.05, 3.63) is 32.6 Å². The van der Waals surface area contributed by atoms with E-state index in [4.69, 9.17) is 4.74 Å². The Bertz CT molecular complexity index is 673. The van der Waals surface area contributed by atoms with Gasteiger partial charge in [0.05, 0.1) is 11.6 Å². The van der Waals surface area contributed by atoms with Crippen molar-refractivity contribution in [1.82, 2.24) is 14.5 Å². The zero-order chi connectivity index (χ0) is 16.6. The van der Waals surface area contributed by atoms with Gasteiger partial charge in [0, 0.05) is 44.1 Å². The van der Waals surface area contributed by atoms with Gasteiger partial charge in [0.1, 0.15) is 0 Å². The van der Waals surface area contributed by atoms with E-state index in [1.54, 1.807) is 20.0 Å². The number of ether oxygens (including phenoxy) is 1. The molecule has 2 saturated heterocycles. The third-order valence-electron chi connectivity index (χ3n) is 5.22. The normalized spacial score (nSPS) is 30.5. The molecule has 7 heteroatoms. The van der Waals surface area contributed by atoms with Crippen LogP contribution in [0.25, 0.3) is 0 Å². The summed E-state index contributed by atoms with van der Waals surface area (Å²) in [4.78, 5) is 28.5. The fourth-order valence-electron chi connectivity index (χ4n) is 3.63. The van der Waals surface area contributed by atoms with Crippen molar-refractivity contribution in [3.63, 3.8) is 0 Å². The van der Waals surface area contributed by atoms with Gasteiger partial charge in [-0.15, -0.1) is 0 Å². The summed E-state index contributed by atoms with van der Waals surface area (Å²) in [5.74, 6) is 0. The monoisotopic (exact) mass is 323 g/mol. The second-order valence-electron chi connectivity index (χ2n) is 6.94. The summed E-state index contributed by atoms with van der Waals surface area (Å²) < 4.78 is 6.91. The average molecular weight is 323 g/mol. The van der Waals surface area contributed by atoms with Crippen LogP contribution in [-0.2, 0) is 4.74 Å². The Hall–Kier alpha value is -1.44. The van der Waals surface area contributed by atoms with E-state index >= 15 is 0 Å². The van der Waals surface area contributed by atoms with E-state index in [1.807, 2.05) is 0 Å². The number of nitrogens with zero attached hydrogens (tertiary/aromatic N) is 2. The first-order chi connectivity index (χ1) is 10.9. The molecule has 2 aliphatic rings. The highest BCUT2D eigenvalue weighted by atomic mass is 16.5. The summed E-state index contributed by atoms with van der Waals surface area (Å²) in [5, 5.41) is 10.8. The number of aromatic nitrogens is 2. The van der Waals surface area contributed by atoms with E-state index < -0.39 is 11.3 Å². The molecule has 0 amide bonds. The zero-order valence-electron chi connectivity index (χ0n) is 13.7. The summed E-state index contributed by atoms with van der Waals surface area (Å²) in [7, 11) is 0. The molecule has 3 rings (SSSR count). The van der Waals surface area contributed by atoms with Crippen LogP contribution in [0.15, 0.2) is 15.8 Å². The highest BCUT2D eigenvalue weighted by molar-refractivity contribution is 5.05. The molecule has 23 heavy (non-hydrogen) atoms. The minimum atomic E-state index is -0.976. The van der Waals surface area contributed by atoms with Gasteiger partial charge in [-0.2, -0.15) is 0 Å². The van der Waals surface area contributed by atoms with E-state index in [0.717, 1.165) is 32.6 Å². The number of nitrogens with one attached hydrogen (secondary N) is 1. The number of hydrogen-bond acceptors (Lipinski definition) is 5. The van der Waals surface area contributed by atoms with Crippen molar-refractivity contribution in [2.75, 3.05) is 26.3 Å². The molecule has 0 aliphatic carbocycles. The third kappa shape index (κ3) is 3.27. The quantitative estimate of drug-likeness (QED) is 0.801. The maximum absolute atomic E-state index is 12.2. The highest BCUT2D eigenvalue weighted by Crippen LogP contribution is 2.33. The number of piperidine rings is 1. The molecule has 7 nitrogen and oxygen atoms in total. The highest BCUT2D eigenvalue weighted by Gasteiger charge is 2.41. The maximum Gasteiger partial charge on any atom is 0.328 e. The third-order valence-corrected chi connectivity index (χ3v) is 5.22. The molecule has 0 spiro atoms. The molecule has 0 radical (unpaired) electrons. The Morgan fingerprint density at radius 1 is 1.35 bits per heavy atom. The van der Waals surface area contributed by atoms with Gasteiger partial charge < -0.3 is 9.84 Å². The van der Waals surface area contributed by atoms with Crippen LogP contribution in [0, 0.1) is 6.92 Å². The SMILES string of the molecule is Cc1cn([C@@H]2CN(C3CCOCC3)CC[C@@]2(C)O)c(=O)[nH]c1=O. The van der Waals surface area contributed by atoms with Crippen molar-refractivity contribution >= 4 is 0 Å². The van der Waals surface area contributed by atoms with E-state index in [-0.39, 0.29) is 11.6 Å². The van der Waals surface area contributed by atoms with Gasteiger partial charge in [-0.05, 0) is 33.1 Å². The molecule has 3 heterocycles. The molecule has 0 saturated carbocycles.